The van der Waals surface area contributed by atoms with E-state index < -0.39 is 0 Å². The molecule has 5 rings (SSSR count). The van der Waals surface area contributed by atoms with E-state index in [-0.39, 0.29) is 16.7 Å². The highest BCUT2D eigenvalue weighted by molar-refractivity contribution is 6.33. The van der Waals surface area contributed by atoms with E-state index in [0.29, 0.717) is 29.4 Å². The summed E-state index contributed by atoms with van der Waals surface area (Å²) in [6, 6.07) is 4.22. The lowest BCUT2D eigenvalue weighted by Gasteiger charge is -2.43. The number of ether oxygens (including phenoxy) is 2. The largest absolute Gasteiger partial charge is 0.472 e. The van der Waals surface area contributed by atoms with Gasteiger partial charge in [0.15, 0.2) is 0 Å². The minimum absolute atomic E-state index is 0.000362. The average Bonchev–Trinajstić information content (AvgIpc) is 3.23. The van der Waals surface area contributed by atoms with Gasteiger partial charge in [0.1, 0.15) is 11.1 Å². The number of rotatable bonds is 6. The molecule has 2 aromatic heterocycles. The molecule has 5 heterocycles. The van der Waals surface area contributed by atoms with Crippen molar-refractivity contribution in [2.75, 3.05) is 50.8 Å². The van der Waals surface area contributed by atoms with Crippen molar-refractivity contribution in [3.8, 4) is 5.88 Å². The van der Waals surface area contributed by atoms with E-state index in [1.165, 1.54) is 5.56 Å². The predicted octanol–water partition coefficient (Wildman–Crippen LogP) is 2.69. The molecule has 0 amide bonds. The van der Waals surface area contributed by atoms with Gasteiger partial charge in [0.25, 0.3) is 5.56 Å². The van der Waals surface area contributed by atoms with Gasteiger partial charge in [0, 0.05) is 37.2 Å². The van der Waals surface area contributed by atoms with Gasteiger partial charge in [-0.2, -0.15) is 5.10 Å². The van der Waals surface area contributed by atoms with Crippen LogP contribution in [-0.2, 0) is 4.74 Å². The fourth-order valence-electron chi connectivity index (χ4n) is 5.06. The Morgan fingerprint density at radius 2 is 2.09 bits per heavy atom. The summed E-state index contributed by atoms with van der Waals surface area (Å²) in [5, 5.41) is 6.40. The highest BCUT2D eigenvalue weighted by atomic mass is 35.5. The zero-order valence-corrected chi connectivity index (χ0v) is 19.2. The first-order valence-electron chi connectivity index (χ1n) is 11.4. The van der Waals surface area contributed by atoms with Crippen molar-refractivity contribution in [2.24, 2.45) is 5.41 Å². The van der Waals surface area contributed by atoms with E-state index in [9.17, 15) is 4.79 Å². The topological polar surface area (TPSA) is 83.6 Å². The summed E-state index contributed by atoms with van der Waals surface area (Å²) in [6.07, 6.45) is 6.61. The van der Waals surface area contributed by atoms with E-state index in [2.05, 4.69) is 39.1 Å². The number of piperidine rings is 1. The monoisotopic (exact) mass is 459 g/mol. The molecule has 9 heteroatoms. The first-order chi connectivity index (χ1) is 15.5. The maximum absolute atomic E-state index is 11.7. The van der Waals surface area contributed by atoms with Crippen LogP contribution in [0.25, 0.3) is 0 Å². The van der Waals surface area contributed by atoms with Crippen LogP contribution in [-0.4, -0.2) is 72.1 Å². The number of hydrogen-bond acceptors (Lipinski definition) is 7. The smallest absolute Gasteiger partial charge is 0.285 e. The molecule has 2 aromatic rings. The van der Waals surface area contributed by atoms with Crippen LogP contribution in [0.2, 0.25) is 5.02 Å². The van der Waals surface area contributed by atoms with Gasteiger partial charge in [-0.3, -0.25) is 4.79 Å². The van der Waals surface area contributed by atoms with Gasteiger partial charge < -0.3 is 19.3 Å². The van der Waals surface area contributed by atoms with Crippen LogP contribution in [0.4, 0.5) is 5.69 Å². The number of H-pyrrole nitrogens is 1. The van der Waals surface area contributed by atoms with E-state index in [4.69, 9.17) is 21.1 Å². The molecule has 0 radical (unpaired) electrons. The van der Waals surface area contributed by atoms with Crippen molar-refractivity contribution in [3.05, 3.63) is 45.5 Å². The molecule has 3 aliphatic heterocycles. The quantitative estimate of drug-likeness (QED) is 0.711. The molecule has 3 fully saturated rings. The number of hydrogen-bond donors (Lipinski definition) is 1. The van der Waals surface area contributed by atoms with Gasteiger partial charge in [0.2, 0.25) is 5.88 Å². The third-order valence-electron chi connectivity index (χ3n) is 6.87. The van der Waals surface area contributed by atoms with Crippen LogP contribution in [0.15, 0.2) is 29.3 Å². The van der Waals surface area contributed by atoms with Gasteiger partial charge in [-0.15, -0.1) is 0 Å². The van der Waals surface area contributed by atoms with Crippen molar-refractivity contribution in [3.63, 3.8) is 0 Å². The van der Waals surface area contributed by atoms with E-state index in [0.717, 1.165) is 58.7 Å². The molecular weight excluding hydrogens is 430 g/mol. The first-order valence-corrected chi connectivity index (χ1v) is 11.8. The van der Waals surface area contributed by atoms with Gasteiger partial charge >= 0.3 is 0 Å². The van der Waals surface area contributed by atoms with Crippen LogP contribution < -0.4 is 15.2 Å². The normalized spacial score (nSPS) is 23.8. The Morgan fingerprint density at radius 1 is 1.28 bits per heavy atom. The second-order valence-electron chi connectivity index (χ2n) is 9.65. The summed E-state index contributed by atoms with van der Waals surface area (Å²) in [5.74, 6) is 1.22. The molecule has 0 aliphatic carbocycles. The van der Waals surface area contributed by atoms with Gasteiger partial charge in [-0.05, 0) is 43.5 Å². The number of nitrogens with one attached hydrogen (secondary N) is 1. The molecule has 0 unspecified atom stereocenters. The zero-order chi connectivity index (χ0) is 22.1. The first kappa shape index (κ1) is 21.7. The third-order valence-corrected chi connectivity index (χ3v) is 7.24. The van der Waals surface area contributed by atoms with Crippen molar-refractivity contribution >= 4 is 17.3 Å². The lowest BCUT2D eigenvalue weighted by molar-refractivity contribution is -0.116. The number of aromatic amines is 1. The summed E-state index contributed by atoms with van der Waals surface area (Å²) in [5.41, 5.74) is 1.93. The number of aromatic nitrogens is 3. The van der Waals surface area contributed by atoms with Crippen molar-refractivity contribution in [1.82, 2.24) is 20.1 Å². The molecule has 3 aliphatic rings. The molecule has 0 spiro atoms. The standard InChI is InChI=1S/C23H30ClN5O3/c1-23(14-31-15-23)13-28-7-3-16(4-8-28)17-2-6-25-20(10-17)32-18-5-9-29(12-18)19-11-26-27-22(30)21(19)24/h2,6,10-11,16,18H,3-5,7-9,12-15H2,1H3,(H,27,30)/t18-/m1/s1. The second kappa shape index (κ2) is 9.00. The molecule has 0 bridgehead atoms. The average molecular weight is 460 g/mol. The summed E-state index contributed by atoms with van der Waals surface area (Å²) in [7, 11) is 0. The summed E-state index contributed by atoms with van der Waals surface area (Å²) < 4.78 is 11.6. The van der Waals surface area contributed by atoms with Crippen LogP contribution in [0.3, 0.4) is 0 Å². The minimum Gasteiger partial charge on any atom is -0.472 e. The molecule has 172 valence electrons. The van der Waals surface area contributed by atoms with Crippen molar-refractivity contribution in [1.29, 1.82) is 0 Å². The predicted molar refractivity (Wildman–Crippen MR) is 123 cm³/mol. The summed E-state index contributed by atoms with van der Waals surface area (Å²) >= 11 is 6.16. The van der Waals surface area contributed by atoms with Crippen LogP contribution in [0.1, 0.15) is 37.7 Å². The van der Waals surface area contributed by atoms with Crippen LogP contribution in [0, 0.1) is 5.41 Å². The molecule has 32 heavy (non-hydrogen) atoms. The molecule has 0 aromatic carbocycles. The van der Waals surface area contributed by atoms with Crippen LogP contribution in [0.5, 0.6) is 5.88 Å². The Kier molecular flexibility index (Phi) is 6.09. The second-order valence-corrected chi connectivity index (χ2v) is 10.0. The van der Waals surface area contributed by atoms with Gasteiger partial charge in [0.05, 0.1) is 31.6 Å². The lowest BCUT2D eigenvalue weighted by atomic mass is 9.85. The summed E-state index contributed by atoms with van der Waals surface area (Å²) in [4.78, 5) is 20.8. The zero-order valence-electron chi connectivity index (χ0n) is 18.4. The van der Waals surface area contributed by atoms with Gasteiger partial charge in [-0.1, -0.05) is 18.5 Å². The molecule has 1 atom stereocenters. The molecule has 3 saturated heterocycles. The number of nitrogens with zero attached hydrogens (tertiary/aromatic N) is 4. The molecule has 1 N–H and O–H groups in total. The van der Waals surface area contributed by atoms with Crippen molar-refractivity contribution < 1.29 is 9.47 Å². The summed E-state index contributed by atoms with van der Waals surface area (Å²) in [6.45, 7) is 8.90. The fraction of sp³-hybridized carbons (Fsp3) is 0.609. The number of pyridine rings is 1. The highest BCUT2D eigenvalue weighted by Gasteiger charge is 2.36. The molecule has 0 saturated carbocycles. The Balaban J connectivity index is 1.16. The third kappa shape index (κ3) is 4.63. The molecule has 8 nitrogen and oxygen atoms in total. The maximum atomic E-state index is 11.7. The number of halogens is 1. The lowest BCUT2D eigenvalue weighted by Crippen LogP contribution is -2.50. The number of likely N-dealkylation sites (tertiary alicyclic amines) is 1. The van der Waals surface area contributed by atoms with Gasteiger partial charge in [-0.25, -0.2) is 10.1 Å². The Hall–Kier alpha value is -2.16. The van der Waals surface area contributed by atoms with E-state index in [1.807, 2.05) is 11.1 Å². The maximum Gasteiger partial charge on any atom is 0.285 e. The highest BCUT2D eigenvalue weighted by Crippen LogP contribution is 2.33. The molecular formula is C23H30ClN5O3. The SMILES string of the molecule is CC1(CN2CCC(c3ccnc(O[C@@H]4CCN(c5cn[nH]c(=O)c5Cl)C4)c3)CC2)COC1. The Morgan fingerprint density at radius 3 is 2.84 bits per heavy atom. The van der Waals surface area contributed by atoms with Crippen LogP contribution >= 0.6 is 11.6 Å². The Labute approximate surface area is 192 Å². The fourth-order valence-corrected chi connectivity index (χ4v) is 5.27. The Bertz CT molecular complexity index is 1000. The minimum atomic E-state index is -0.371. The number of anilines is 1. The van der Waals surface area contributed by atoms with E-state index >= 15 is 0 Å². The van der Waals surface area contributed by atoms with E-state index in [1.54, 1.807) is 6.20 Å². The van der Waals surface area contributed by atoms with Crippen molar-refractivity contribution in [2.45, 2.75) is 38.2 Å².